The number of amides is 2. The van der Waals surface area contributed by atoms with Crippen molar-refractivity contribution in [1.29, 1.82) is 5.26 Å². The highest BCUT2D eigenvalue weighted by Gasteiger charge is 2.53. The second-order valence-corrected chi connectivity index (χ2v) is 8.39. The van der Waals surface area contributed by atoms with Gasteiger partial charge in [-0.15, -0.1) is 22.7 Å². The van der Waals surface area contributed by atoms with Gasteiger partial charge in [0.1, 0.15) is 12.6 Å². The Hall–Kier alpha value is -1.82. The summed E-state index contributed by atoms with van der Waals surface area (Å²) < 4.78 is 0.177. The molecule has 1 aliphatic heterocycles. The van der Waals surface area contributed by atoms with Gasteiger partial charge in [0.25, 0.3) is 5.82 Å². The third kappa shape index (κ3) is 2.73. The lowest BCUT2D eigenvalue weighted by atomic mass is 10.1. The van der Waals surface area contributed by atoms with Gasteiger partial charge in [-0.3, -0.25) is 5.32 Å². The first-order valence-corrected chi connectivity index (χ1v) is 9.59. The van der Waals surface area contributed by atoms with Crippen molar-refractivity contribution in [1.82, 2.24) is 19.8 Å². The van der Waals surface area contributed by atoms with E-state index < -0.39 is 0 Å². The molecule has 126 valence electrons. The number of carbonyl (C=O) groups is 1. The Bertz CT molecular complexity index is 779. The molecule has 0 saturated carbocycles. The van der Waals surface area contributed by atoms with E-state index >= 15 is 0 Å². The molecule has 0 aliphatic carbocycles. The van der Waals surface area contributed by atoms with Gasteiger partial charge in [0.05, 0.1) is 17.5 Å². The van der Waals surface area contributed by atoms with Crippen molar-refractivity contribution in [2.75, 3.05) is 13.1 Å². The first-order chi connectivity index (χ1) is 11.5. The maximum absolute atomic E-state index is 13.0. The number of likely N-dealkylation sites (tertiary alicyclic amines) is 1. The maximum atomic E-state index is 13.0. The molecular weight excluding hydrogens is 342 g/mol. The first kappa shape index (κ1) is 17.0. The van der Waals surface area contributed by atoms with Crippen molar-refractivity contribution in [2.24, 2.45) is 5.92 Å². The van der Waals surface area contributed by atoms with Gasteiger partial charge in [0.2, 0.25) is 0 Å². The normalized spacial score (nSPS) is 26.2. The minimum atomic E-state index is -0.132. The summed E-state index contributed by atoms with van der Waals surface area (Å²) in [6, 6.07) is 1.99. The summed E-state index contributed by atoms with van der Waals surface area (Å²) in [6.45, 7) is 7.00. The van der Waals surface area contributed by atoms with Crippen LogP contribution in [-0.2, 0) is 0 Å². The molecule has 6 nitrogen and oxygen atoms in total. The van der Waals surface area contributed by atoms with E-state index in [-0.39, 0.29) is 23.1 Å². The second-order valence-electron chi connectivity index (χ2n) is 6.29. The molecule has 3 rings (SSSR count). The smallest absolute Gasteiger partial charge is 0.292 e. The summed E-state index contributed by atoms with van der Waals surface area (Å²) in [5.41, 5.74) is 0. The predicted octanol–water partition coefficient (Wildman–Crippen LogP) is 3.54. The van der Waals surface area contributed by atoms with E-state index in [1.807, 2.05) is 18.4 Å². The molecule has 3 heterocycles. The van der Waals surface area contributed by atoms with Crippen LogP contribution in [0.15, 0.2) is 11.6 Å². The van der Waals surface area contributed by atoms with Gasteiger partial charge in [-0.05, 0) is 13.8 Å². The number of rotatable bonds is 3. The van der Waals surface area contributed by atoms with E-state index in [0.29, 0.717) is 12.5 Å². The number of carbonyl (C=O) groups excluding carboxylic acids is 1. The number of hydrogen-bond donors (Lipinski definition) is 1. The molecule has 8 heteroatoms. The lowest BCUT2D eigenvalue weighted by molar-refractivity contribution is 0.195. The van der Waals surface area contributed by atoms with Crippen LogP contribution < -0.4 is 9.80 Å². The number of aryl methyl sites for hydroxylation is 1. The average molecular weight is 363 g/mol. The highest BCUT2D eigenvalue weighted by Crippen LogP contribution is 2.42. The SMILES string of the molecule is Cc1sc(-c2nccs2)nc1[N+]1(C(=O)NCC#N)C[C@@H](C)CC1C. The van der Waals surface area contributed by atoms with E-state index in [0.717, 1.165) is 27.1 Å². The molecule has 0 radical (unpaired) electrons. The number of quaternary nitrogens is 1. The number of urea groups is 1. The molecule has 1 fully saturated rings. The first-order valence-electron chi connectivity index (χ1n) is 7.90. The van der Waals surface area contributed by atoms with E-state index in [1.165, 1.54) is 0 Å². The zero-order chi connectivity index (χ0) is 17.3. The summed E-state index contributed by atoms with van der Waals surface area (Å²) in [5.74, 6) is 1.23. The van der Waals surface area contributed by atoms with Crippen LogP contribution in [0.25, 0.3) is 10.0 Å². The Balaban J connectivity index is 2.07. The fourth-order valence-corrected chi connectivity index (χ4v) is 5.27. The Morgan fingerprint density at radius 3 is 2.88 bits per heavy atom. The maximum Gasteiger partial charge on any atom is 0.424 e. The molecule has 1 saturated heterocycles. The van der Waals surface area contributed by atoms with Crippen LogP contribution in [0.1, 0.15) is 25.1 Å². The van der Waals surface area contributed by atoms with E-state index in [9.17, 15) is 4.79 Å². The van der Waals surface area contributed by atoms with E-state index in [1.54, 1.807) is 28.9 Å². The summed E-state index contributed by atoms with van der Waals surface area (Å²) in [6.07, 6.45) is 2.73. The minimum Gasteiger partial charge on any atom is -0.292 e. The van der Waals surface area contributed by atoms with Gasteiger partial charge < -0.3 is 0 Å². The highest BCUT2D eigenvalue weighted by atomic mass is 32.1. The molecule has 2 aromatic rings. The van der Waals surface area contributed by atoms with Crippen LogP contribution >= 0.6 is 22.7 Å². The summed E-state index contributed by atoms with van der Waals surface area (Å²) in [5, 5.41) is 15.2. The van der Waals surface area contributed by atoms with Crippen LogP contribution in [0.5, 0.6) is 0 Å². The van der Waals surface area contributed by atoms with Gasteiger partial charge in [0, 0.05) is 23.9 Å². The number of nitriles is 1. The standard InChI is InChI=1S/C16H19N5OS2/c1-10-8-11(2)21(9-10,16(22)19-5-4-17)13-12(3)24-15(20-13)14-18-6-7-23-14/h6-7,10-11H,5,8-9H2,1-3H3/p+1/t10-,11?,21?/m0/s1. The van der Waals surface area contributed by atoms with Crippen molar-refractivity contribution < 1.29 is 4.79 Å². The molecule has 2 aromatic heterocycles. The van der Waals surface area contributed by atoms with Crippen molar-refractivity contribution in [2.45, 2.75) is 33.2 Å². The van der Waals surface area contributed by atoms with Crippen LogP contribution in [0, 0.1) is 24.2 Å². The molecule has 2 amide bonds. The van der Waals surface area contributed by atoms with Crippen molar-refractivity contribution in [3.8, 4) is 16.1 Å². The Labute approximate surface area is 149 Å². The van der Waals surface area contributed by atoms with Crippen molar-refractivity contribution >= 4 is 34.5 Å². The van der Waals surface area contributed by atoms with Gasteiger partial charge >= 0.3 is 6.03 Å². The average Bonchev–Trinajstić information content (AvgIpc) is 3.24. The minimum absolute atomic E-state index is 0.0163. The zero-order valence-corrected chi connectivity index (χ0v) is 15.6. The quantitative estimate of drug-likeness (QED) is 0.669. The summed E-state index contributed by atoms with van der Waals surface area (Å²) in [7, 11) is 0. The number of hydrogen-bond acceptors (Lipinski definition) is 6. The lowest BCUT2D eigenvalue weighted by Crippen LogP contribution is -2.61. The van der Waals surface area contributed by atoms with E-state index in [2.05, 4.69) is 24.1 Å². The van der Waals surface area contributed by atoms with Gasteiger partial charge in [-0.25, -0.2) is 9.78 Å². The molecule has 24 heavy (non-hydrogen) atoms. The highest BCUT2D eigenvalue weighted by molar-refractivity contribution is 7.20. The molecule has 0 spiro atoms. The molecule has 2 unspecified atom stereocenters. The summed E-state index contributed by atoms with van der Waals surface area (Å²) in [4.78, 5) is 23.2. The number of nitrogens with one attached hydrogen (secondary N) is 1. The Morgan fingerprint density at radius 2 is 2.29 bits per heavy atom. The van der Waals surface area contributed by atoms with E-state index in [4.69, 9.17) is 10.2 Å². The van der Waals surface area contributed by atoms with Crippen LogP contribution in [0.3, 0.4) is 0 Å². The third-order valence-electron chi connectivity index (χ3n) is 4.54. The largest absolute Gasteiger partial charge is 0.424 e. The third-order valence-corrected chi connectivity index (χ3v) is 6.42. The monoisotopic (exact) mass is 362 g/mol. The molecular formula is C16H20N5OS2+. The zero-order valence-electron chi connectivity index (χ0n) is 13.9. The molecule has 1 aliphatic rings. The van der Waals surface area contributed by atoms with Crippen LogP contribution in [0.4, 0.5) is 10.6 Å². The van der Waals surface area contributed by atoms with Gasteiger partial charge in [-0.2, -0.15) is 14.7 Å². The Kier molecular flexibility index (Phi) is 4.67. The predicted molar refractivity (Wildman–Crippen MR) is 96.9 cm³/mol. The topological polar surface area (TPSA) is 78.7 Å². The molecule has 0 aromatic carbocycles. The number of thiazole rings is 2. The summed E-state index contributed by atoms with van der Waals surface area (Å²) >= 11 is 3.13. The molecule has 0 bridgehead atoms. The molecule has 3 atom stereocenters. The van der Waals surface area contributed by atoms with Crippen LogP contribution in [0.2, 0.25) is 0 Å². The number of nitrogens with zero attached hydrogens (tertiary/aromatic N) is 4. The number of aromatic nitrogens is 2. The molecule has 1 N–H and O–H groups in total. The lowest BCUT2D eigenvalue weighted by Gasteiger charge is -2.33. The fourth-order valence-electron chi connectivity index (χ4n) is 3.62. The van der Waals surface area contributed by atoms with Crippen molar-refractivity contribution in [3.05, 3.63) is 16.5 Å². The fraction of sp³-hybridized carbons (Fsp3) is 0.500. The van der Waals surface area contributed by atoms with Crippen molar-refractivity contribution in [3.63, 3.8) is 0 Å². The van der Waals surface area contributed by atoms with Gasteiger partial charge in [-0.1, -0.05) is 6.92 Å². The Morgan fingerprint density at radius 1 is 1.50 bits per heavy atom. The second kappa shape index (κ2) is 6.59. The van der Waals surface area contributed by atoms with Gasteiger partial charge in [0.15, 0.2) is 10.0 Å². The van der Waals surface area contributed by atoms with Crippen LogP contribution in [-0.4, -0.2) is 35.1 Å².